The Labute approximate surface area is 308 Å². The zero-order valence-electron chi connectivity index (χ0n) is 32.0. The van der Waals surface area contributed by atoms with Gasteiger partial charge in [-0.05, 0) is 30.7 Å². The van der Waals surface area contributed by atoms with E-state index in [9.17, 15) is 19.2 Å². The van der Waals surface area contributed by atoms with Crippen LogP contribution in [-0.2, 0) is 14.4 Å². The summed E-state index contributed by atoms with van der Waals surface area (Å²) in [6.07, 6.45) is 26.5. The van der Waals surface area contributed by atoms with Gasteiger partial charge in [-0.3, -0.25) is 24.2 Å². The van der Waals surface area contributed by atoms with E-state index in [0.717, 1.165) is 42.9 Å². The summed E-state index contributed by atoms with van der Waals surface area (Å²) in [6, 6.07) is 8.55. The topological polar surface area (TPSA) is 129 Å². The predicted molar refractivity (Wildman–Crippen MR) is 210 cm³/mol. The molecule has 1 atom stereocenters. The van der Waals surface area contributed by atoms with E-state index >= 15 is 0 Å². The number of carbonyl (C=O) groups excluding carboxylic acids is 4. The predicted octanol–water partition coefficient (Wildman–Crippen LogP) is 8.69. The van der Waals surface area contributed by atoms with Crippen LogP contribution >= 0.6 is 0 Å². The molecule has 0 spiro atoms. The van der Waals surface area contributed by atoms with Crippen molar-refractivity contribution in [1.82, 2.24) is 26.3 Å². The number of unbranched alkanes of at least 4 members (excludes halogenated alkanes) is 18. The van der Waals surface area contributed by atoms with Gasteiger partial charge in [-0.25, -0.2) is 0 Å². The first-order valence-electron chi connectivity index (χ1n) is 20.4. The Morgan fingerprint density at radius 3 is 1.69 bits per heavy atom. The number of benzene rings is 1. The highest BCUT2D eigenvalue weighted by molar-refractivity contribution is 6.05. The van der Waals surface area contributed by atoms with Crippen LogP contribution in [0.5, 0.6) is 0 Å². The van der Waals surface area contributed by atoms with Gasteiger partial charge in [0.25, 0.3) is 5.91 Å². The van der Waals surface area contributed by atoms with Crippen molar-refractivity contribution in [2.45, 2.75) is 168 Å². The van der Waals surface area contributed by atoms with Gasteiger partial charge >= 0.3 is 0 Å². The average Bonchev–Trinajstić information content (AvgIpc) is 3.14. The SMILES string of the molecule is CCCCCCCCCCCCNC(=O)CCC(NC(=O)CCNC(=O)c1nccc2ccccc12)C(=O)NCCCCCCCCCCCC. The Balaban J connectivity index is 1.74. The van der Waals surface area contributed by atoms with Crippen LogP contribution < -0.4 is 21.3 Å². The molecule has 1 heterocycles. The number of hydrogen-bond acceptors (Lipinski definition) is 5. The summed E-state index contributed by atoms with van der Waals surface area (Å²) in [5, 5.41) is 13.2. The van der Waals surface area contributed by atoms with Crippen LogP contribution in [0.3, 0.4) is 0 Å². The average molecular weight is 708 g/mol. The van der Waals surface area contributed by atoms with Crippen molar-refractivity contribution in [3.8, 4) is 0 Å². The standard InChI is InChI=1S/C42H69N5O4/c1-3-5-7-9-11-13-15-17-19-23-31-43-38(48)28-27-37(41(50)45-32-24-20-18-16-14-12-10-8-6-4-2)47-39(49)30-34-46-42(51)40-36-26-22-21-25-35(36)29-33-44-40/h21-22,25-26,29,33,37H,3-20,23-24,27-28,30-32,34H2,1-2H3,(H,43,48)(H,45,50)(H,46,51)(H,47,49). The molecule has 0 aliphatic carbocycles. The minimum atomic E-state index is -0.820. The molecule has 0 saturated heterocycles. The molecule has 0 saturated carbocycles. The third kappa shape index (κ3) is 20.8. The maximum Gasteiger partial charge on any atom is 0.270 e. The monoisotopic (exact) mass is 708 g/mol. The minimum Gasteiger partial charge on any atom is -0.356 e. The lowest BCUT2D eigenvalue weighted by Crippen LogP contribution is -2.48. The zero-order valence-corrected chi connectivity index (χ0v) is 32.0. The first kappa shape index (κ1) is 43.7. The molecule has 2 rings (SSSR count). The van der Waals surface area contributed by atoms with Gasteiger partial charge in [-0.15, -0.1) is 0 Å². The molecule has 51 heavy (non-hydrogen) atoms. The number of carbonyl (C=O) groups is 4. The number of fused-ring (bicyclic) bond motifs is 1. The first-order chi connectivity index (χ1) is 25.0. The summed E-state index contributed by atoms with van der Waals surface area (Å²) >= 11 is 0. The molecule has 1 aromatic carbocycles. The second-order valence-corrected chi connectivity index (χ2v) is 14.1. The van der Waals surface area contributed by atoms with E-state index in [4.69, 9.17) is 0 Å². The summed E-state index contributed by atoms with van der Waals surface area (Å²) in [4.78, 5) is 55.8. The number of pyridine rings is 1. The molecule has 0 bridgehead atoms. The van der Waals surface area contributed by atoms with E-state index in [2.05, 4.69) is 40.1 Å². The van der Waals surface area contributed by atoms with Crippen molar-refractivity contribution in [2.24, 2.45) is 0 Å². The second kappa shape index (κ2) is 29.1. The van der Waals surface area contributed by atoms with Crippen LogP contribution in [0, 0.1) is 0 Å². The van der Waals surface area contributed by atoms with Crippen molar-refractivity contribution in [3.05, 3.63) is 42.2 Å². The molecular formula is C42H69N5O4. The number of aromatic nitrogens is 1. The molecule has 1 aromatic heterocycles. The smallest absolute Gasteiger partial charge is 0.270 e. The molecule has 0 radical (unpaired) electrons. The zero-order chi connectivity index (χ0) is 36.8. The summed E-state index contributed by atoms with van der Waals surface area (Å²) in [7, 11) is 0. The molecule has 286 valence electrons. The van der Waals surface area contributed by atoms with E-state index in [1.54, 1.807) is 6.20 Å². The van der Waals surface area contributed by atoms with Crippen molar-refractivity contribution in [3.63, 3.8) is 0 Å². The normalized spacial score (nSPS) is 11.6. The van der Waals surface area contributed by atoms with Crippen LogP contribution in [0.1, 0.15) is 172 Å². The van der Waals surface area contributed by atoms with Gasteiger partial charge < -0.3 is 21.3 Å². The highest BCUT2D eigenvalue weighted by Gasteiger charge is 2.22. The minimum absolute atomic E-state index is 0.00364. The van der Waals surface area contributed by atoms with Crippen LogP contribution in [0.2, 0.25) is 0 Å². The van der Waals surface area contributed by atoms with E-state index in [1.807, 2.05) is 30.3 Å². The highest BCUT2D eigenvalue weighted by Crippen LogP contribution is 2.16. The van der Waals surface area contributed by atoms with Crippen molar-refractivity contribution >= 4 is 34.4 Å². The van der Waals surface area contributed by atoms with Gasteiger partial charge in [0.15, 0.2) is 0 Å². The Morgan fingerprint density at radius 1 is 0.569 bits per heavy atom. The van der Waals surface area contributed by atoms with Crippen LogP contribution in [0.25, 0.3) is 10.8 Å². The Bertz CT molecular complexity index is 1250. The van der Waals surface area contributed by atoms with E-state index < -0.39 is 6.04 Å². The molecule has 0 aliphatic rings. The Morgan fingerprint density at radius 2 is 1.10 bits per heavy atom. The van der Waals surface area contributed by atoms with E-state index in [0.29, 0.717) is 18.8 Å². The maximum absolute atomic E-state index is 13.2. The fourth-order valence-corrected chi connectivity index (χ4v) is 6.36. The number of rotatable bonds is 31. The van der Waals surface area contributed by atoms with E-state index in [-0.39, 0.29) is 49.4 Å². The second-order valence-electron chi connectivity index (χ2n) is 14.1. The molecule has 4 amide bonds. The van der Waals surface area contributed by atoms with E-state index in [1.165, 1.54) is 96.3 Å². The Kier molecular flexibility index (Phi) is 24.9. The molecule has 0 aliphatic heterocycles. The van der Waals surface area contributed by atoms with Gasteiger partial charge in [-0.2, -0.15) is 0 Å². The molecule has 4 N–H and O–H groups in total. The number of nitrogens with one attached hydrogen (secondary N) is 4. The van der Waals surface area contributed by atoms with Gasteiger partial charge in [0, 0.05) is 44.1 Å². The molecular weight excluding hydrogens is 638 g/mol. The van der Waals surface area contributed by atoms with Gasteiger partial charge in [-0.1, -0.05) is 154 Å². The van der Waals surface area contributed by atoms with Crippen LogP contribution in [0.15, 0.2) is 36.5 Å². The van der Waals surface area contributed by atoms with Crippen molar-refractivity contribution < 1.29 is 19.2 Å². The lowest BCUT2D eigenvalue weighted by atomic mass is 10.1. The van der Waals surface area contributed by atoms with Crippen molar-refractivity contribution in [1.29, 1.82) is 0 Å². The van der Waals surface area contributed by atoms with Crippen LogP contribution in [0.4, 0.5) is 0 Å². The van der Waals surface area contributed by atoms with Crippen LogP contribution in [-0.4, -0.2) is 54.3 Å². The largest absolute Gasteiger partial charge is 0.356 e. The molecule has 9 nitrogen and oxygen atoms in total. The molecule has 1 unspecified atom stereocenters. The summed E-state index contributed by atoms with van der Waals surface area (Å²) in [5.74, 6) is -1.09. The fraction of sp³-hybridized carbons (Fsp3) is 0.690. The summed E-state index contributed by atoms with van der Waals surface area (Å²) in [5.41, 5.74) is 0.307. The number of hydrogen-bond donors (Lipinski definition) is 4. The number of amides is 4. The summed E-state index contributed by atoms with van der Waals surface area (Å²) < 4.78 is 0. The lowest BCUT2D eigenvalue weighted by Gasteiger charge is -2.19. The Hall–Kier alpha value is -3.49. The van der Waals surface area contributed by atoms with Gasteiger partial charge in [0.1, 0.15) is 11.7 Å². The van der Waals surface area contributed by atoms with Gasteiger partial charge in [0.2, 0.25) is 17.7 Å². The first-order valence-corrected chi connectivity index (χ1v) is 20.4. The third-order valence-corrected chi connectivity index (χ3v) is 9.52. The third-order valence-electron chi connectivity index (χ3n) is 9.52. The van der Waals surface area contributed by atoms with Gasteiger partial charge in [0.05, 0.1) is 0 Å². The molecule has 2 aromatic rings. The number of nitrogens with zero attached hydrogens (tertiary/aromatic N) is 1. The lowest BCUT2D eigenvalue weighted by molar-refractivity contribution is -0.129. The quantitative estimate of drug-likeness (QED) is 0.0583. The molecule has 0 fully saturated rings. The highest BCUT2D eigenvalue weighted by atomic mass is 16.2. The fourth-order valence-electron chi connectivity index (χ4n) is 6.36. The summed E-state index contributed by atoms with van der Waals surface area (Å²) in [6.45, 7) is 5.75. The van der Waals surface area contributed by atoms with Crippen molar-refractivity contribution in [2.75, 3.05) is 19.6 Å². The maximum atomic E-state index is 13.2. The molecule has 9 heteroatoms.